The smallest absolute Gasteiger partial charge is 0.320 e. The summed E-state index contributed by atoms with van der Waals surface area (Å²) in [5.41, 5.74) is 0. The highest BCUT2D eigenvalue weighted by Crippen LogP contribution is 2.30. The number of carboxylic acids is 1. The number of hydrogen-bond acceptors (Lipinski definition) is 3. The highest BCUT2D eigenvalue weighted by atomic mass is 16.4. The molecule has 1 rings (SSSR count). The van der Waals surface area contributed by atoms with Gasteiger partial charge in [0.05, 0.1) is 0 Å². The van der Waals surface area contributed by atoms with Gasteiger partial charge < -0.3 is 15.3 Å². The van der Waals surface area contributed by atoms with Crippen LogP contribution in [0.25, 0.3) is 0 Å². The Morgan fingerprint density at radius 3 is 2.53 bits per heavy atom. The Kier molecular flexibility index (Phi) is 5.92. The molecule has 1 saturated carbocycles. The van der Waals surface area contributed by atoms with Gasteiger partial charge in [-0.05, 0) is 45.6 Å². The van der Waals surface area contributed by atoms with E-state index in [0.29, 0.717) is 19.0 Å². The summed E-state index contributed by atoms with van der Waals surface area (Å²) in [6.07, 6.45) is 3.38. The number of carboxylic acid groups (broad SMARTS) is 1. The molecular weight excluding hydrogens is 216 g/mol. The summed E-state index contributed by atoms with van der Waals surface area (Å²) < 4.78 is 0. The van der Waals surface area contributed by atoms with Crippen molar-refractivity contribution in [2.24, 2.45) is 5.92 Å². The van der Waals surface area contributed by atoms with Gasteiger partial charge in [0.1, 0.15) is 6.04 Å². The first-order valence-corrected chi connectivity index (χ1v) is 6.74. The van der Waals surface area contributed by atoms with Crippen molar-refractivity contribution in [3.8, 4) is 0 Å². The maximum Gasteiger partial charge on any atom is 0.320 e. The van der Waals surface area contributed by atoms with Crippen molar-refractivity contribution >= 4 is 5.97 Å². The average Bonchev–Trinajstić information content (AvgIpc) is 3.05. The number of carbonyl (C=O) groups is 1. The Bertz CT molecular complexity index is 240. The Balaban J connectivity index is 2.34. The van der Waals surface area contributed by atoms with E-state index in [-0.39, 0.29) is 0 Å². The molecular formula is C13H26N2O2. The molecule has 1 aliphatic rings. The zero-order chi connectivity index (χ0) is 12.8. The second-order valence-corrected chi connectivity index (χ2v) is 5.27. The van der Waals surface area contributed by atoms with Crippen molar-refractivity contribution in [1.82, 2.24) is 10.2 Å². The lowest BCUT2D eigenvalue weighted by molar-refractivity contribution is -0.139. The highest BCUT2D eigenvalue weighted by Gasteiger charge is 2.26. The van der Waals surface area contributed by atoms with Gasteiger partial charge in [0, 0.05) is 19.1 Å². The zero-order valence-electron chi connectivity index (χ0n) is 11.3. The van der Waals surface area contributed by atoms with E-state index in [1.807, 2.05) is 6.92 Å². The zero-order valence-corrected chi connectivity index (χ0v) is 11.3. The predicted octanol–water partition coefficient (Wildman–Crippen LogP) is 1.56. The average molecular weight is 242 g/mol. The number of likely N-dealkylation sites (N-methyl/N-ethyl adjacent to an activating group) is 1. The molecule has 0 heterocycles. The lowest BCUT2D eigenvalue weighted by atomic mass is 10.1. The van der Waals surface area contributed by atoms with Crippen molar-refractivity contribution in [2.75, 3.05) is 19.6 Å². The summed E-state index contributed by atoms with van der Waals surface area (Å²) in [6, 6.07) is 0.104. The van der Waals surface area contributed by atoms with Crippen LogP contribution >= 0.6 is 0 Å². The molecule has 0 spiro atoms. The van der Waals surface area contributed by atoms with Crippen LogP contribution in [0.4, 0.5) is 0 Å². The van der Waals surface area contributed by atoms with E-state index >= 15 is 0 Å². The standard InChI is InChI=1S/C13H26N2O2/c1-4-14-12(13(16)17)7-8-15(10(2)3)9-11-5-6-11/h10-12,14H,4-9H2,1-3H3,(H,16,17). The monoisotopic (exact) mass is 242 g/mol. The van der Waals surface area contributed by atoms with Gasteiger partial charge in [-0.2, -0.15) is 0 Å². The Morgan fingerprint density at radius 1 is 1.47 bits per heavy atom. The molecule has 100 valence electrons. The summed E-state index contributed by atoms with van der Waals surface area (Å²) in [4.78, 5) is 13.4. The molecule has 17 heavy (non-hydrogen) atoms. The number of aliphatic carboxylic acids is 1. The van der Waals surface area contributed by atoms with Crippen molar-refractivity contribution < 1.29 is 9.90 Å². The minimum Gasteiger partial charge on any atom is -0.480 e. The maximum absolute atomic E-state index is 11.0. The van der Waals surface area contributed by atoms with E-state index in [4.69, 9.17) is 5.11 Å². The van der Waals surface area contributed by atoms with Crippen LogP contribution in [-0.2, 0) is 4.79 Å². The fourth-order valence-electron chi connectivity index (χ4n) is 2.05. The van der Waals surface area contributed by atoms with Crippen molar-refractivity contribution in [1.29, 1.82) is 0 Å². The third-order valence-electron chi connectivity index (χ3n) is 3.37. The van der Waals surface area contributed by atoms with E-state index in [1.54, 1.807) is 0 Å². The first-order valence-electron chi connectivity index (χ1n) is 6.74. The molecule has 1 unspecified atom stereocenters. The maximum atomic E-state index is 11.0. The molecule has 1 atom stereocenters. The third-order valence-corrected chi connectivity index (χ3v) is 3.37. The number of nitrogens with zero attached hydrogens (tertiary/aromatic N) is 1. The van der Waals surface area contributed by atoms with E-state index in [0.717, 1.165) is 19.0 Å². The van der Waals surface area contributed by atoms with Crippen LogP contribution in [-0.4, -0.2) is 47.7 Å². The molecule has 2 N–H and O–H groups in total. The Labute approximate surface area is 104 Å². The Morgan fingerprint density at radius 2 is 2.12 bits per heavy atom. The van der Waals surface area contributed by atoms with Crippen LogP contribution in [0.3, 0.4) is 0 Å². The summed E-state index contributed by atoms with van der Waals surface area (Å²) in [5.74, 6) is 0.127. The lowest BCUT2D eigenvalue weighted by Crippen LogP contribution is -2.42. The molecule has 4 heteroatoms. The highest BCUT2D eigenvalue weighted by molar-refractivity contribution is 5.73. The van der Waals surface area contributed by atoms with Crippen LogP contribution in [0.1, 0.15) is 40.0 Å². The van der Waals surface area contributed by atoms with Gasteiger partial charge in [-0.15, -0.1) is 0 Å². The quantitative estimate of drug-likeness (QED) is 0.644. The SMILES string of the molecule is CCNC(CCN(CC1CC1)C(C)C)C(=O)O. The molecule has 0 saturated heterocycles. The molecule has 0 aromatic rings. The van der Waals surface area contributed by atoms with E-state index in [2.05, 4.69) is 24.1 Å². The summed E-state index contributed by atoms with van der Waals surface area (Å²) in [5, 5.41) is 12.1. The van der Waals surface area contributed by atoms with Crippen LogP contribution in [0.2, 0.25) is 0 Å². The van der Waals surface area contributed by atoms with E-state index < -0.39 is 12.0 Å². The topological polar surface area (TPSA) is 52.6 Å². The summed E-state index contributed by atoms with van der Waals surface area (Å²) in [6.45, 7) is 9.03. The number of nitrogens with one attached hydrogen (secondary N) is 1. The summed E-state index contributed by atoms with van der Waals surface area (Å²) >= 11 is 0. The second-order valence-electron chi connectivity index (χ2n) is 5.27. The fourth-order valence-corrected chi connectivity index (χ4v) is 2.05. The van der Waals surface area contributed by atoms with Gasteiger partial charge in [0.2, 0.25) is 0 Å². The van der Waals surface area contributed by atoms with Gasteiger partial charge in [-0.1, -0.05) is 6.92 Å². The molecule has 0 aromatic carbocycles. The number of rotatable bonds is 9. The molecule has 0 radical (unpaired) electrons. The van der Waals surface area contributed by atoms with Crippen LogP contribution in [0.5, 0.6) is 0 Å². The summed E-state index contributed by atoms with van der Waals surface area (Å²) in [7, 11) is 0. The molecule has 4 nitrogen and oxygen atoms in total. The van der Waals surface area contributed by atoms with Crippen LogP contribution < -0.4 is 5.32 Å². The first kappa shape index (κ1) is 14.5. The minimum atomic E-state index is -0.734. The third kappa shape index (κ3) is 5.50. The minimum absolute atomic E-state index is 0.402. The van der Waals surface area contributed by atoms with Crippen LogP contribution in [0, 0.1) is 5.92 Å². The van der Waals surface area contributed by atoms with Gasteiger partial charge in [-0.3, -0.25) is 4.79 Å². The van der Waals surface area contributed by atoms with Gasteiger partial charge in [0.25, 0.3) is 0 Å². The first-order chi connectivity index (χ1) is 8.04. The van der Waals surface area contributed by atoms with Crippen molar-refractivity contribution in [3.63, 3.8) is 0 Å². The van der Waals surface area contributed by atoms with E-state index in [9.17, 15) is 4.79 Å². The van der Waals surface area contributed by atoms with E-state index in [1.165, 1.54) is 12.8 Å². The molecule has 0 amide bonds. The van der Waals surface area contributed by atoms with Gasteiger partial charge in [-0.25, -0.2) is 0 Å². The normalized spacial score (nSPS) is 17.7. The van der Waals surface area contributed by atoms with Crippen LogP contribution in [0.15, 0.2) is 0 Å². The van der Waals surface area contributed by atoms with Crippen molar-refractivity contribution in [2.45, 2.75) is 52.1 Å². The molecule has 0 aliphatic heterocycles. The lowest BCUT2D eigenvalue weighted by Gasteiger charge is -2.27. The molecule has 1 aliphatic carbocycles. The Hall–Kier alpha value is -0.610. The largest absolute Gasteiger partial charge is 0.480 e. The molecule has 0 aromatic heterocycles. The second kappa shape index (κ2) is 6.97. The number of hydrogen-bond donors (Lipinski definition) is 2. The molecule has 0 bridgehead atoms. The predicted molar refractivity (Wildman–Crippen MR) is 69.2 cm³/mol. The fraction of sp³-hybridized carbons (Fsp3) is 0.923. The van der Waals surface area contributed by atoms with Gasteiger partial charge >= 0.3 is 5.97 Å². The van der Waals surface area contributed by atoms with Crippen molar-refractivity contribution in [3.05, 3.63) is 0 Å². The van der Waals surface area contributed by atoms with Gasteiger partial charge in [0.15, 0.2) is 0 Å². The molecule has 1 fully saturated rings.